The molecule has 1 N–H and O–H groups in total. The second kappa shape index (κ2) is 5.29. The van der Waals surface area contributed by atoms with Crippen LogP contribution in [0.1, 0.15) is 17.0 Å². The molecule has 0 radical (unpaired) electrons. The summed E-state index contributed by atoms with van der Waals surface area (Å²) in [5, 5.41) is 14.8. The van der Waals surface area contributed by atoms with E-state index in [4.69, 9.17) is 5.26 Å². The number of anilines is 1. The molecule has 0 spiro atoms. The van der Waals surface area contributed by atoms with Gasteiger partial charge in [-0.25, -0.2) is 0 Å². The fourth-order valence-electron chi connectivity index (χ4n) is 2.51. The summed E-state index contributed by atoms with van der Waals surface area (Å²) in [4.78, 5) is 4.19. The SMILES string of the molecule is Cc1c(CNc2cccc3ccncc23)cc(C#N)n1C. The number of hydrogen-bond acceptors (Lipinski definition) is 3. The zero-order chi connectivity index (χ0) is 14.8. The normalized spacial score (nSPS) is 10.5. The Morgan fingerprint density at radius 1 is 1.33 bits per heavy atom. The van der Waals surface area contributed by atoms with Gasteiger partial charge in [0, 0.05) is 42.8 Å². The zero-order valence-electron chi connectivity index (χ0n) is 12.1. The number of hydrogen-bond donors (Lipinski definition) is 1. The van der Waals surface area contributed by atoms with Gasteiger partial charge in [-0.15, -0.1) is 0 Å². The van der Waals surface area contributed by atoms with E-state index >= 15 is 0 Å². The molecular weight excluding hydrogens is 260 g/mol. The Morgan fingerprint density at radius 3 is 2.95 bits per heavy atom. The number of nitriles is 1. The smallest absolute Gasteiger partial charge is 0.120 e. The Morgan fingerprint density at radius 2 is 2.19 bits per heavy atom. The highest BCUT2D eigenvalue weighted by Gasteiger charge is 2.09. The summed E-state index contributed by atoms with van der Waals surface area (Å²) in [5.41, 5.74) is 3.98. The van der Waals surface area contributed by atoms with Gasteiger partial charge < -0.3 is 9.88 Å². The molecule has 104 valence electrons. The molecule has 0 saturated carbocycles. The van der Waals surface area contributed by atoms with Crippen LogP contribution in [0.5, 0.6) is 0 Å². The molecule has 0 aliphatic carbocycles. The molecule has 0 bridgehead atoms. The van der Waals surface area contributed by atoms with Crippen molar-refractivity contribution in [2.45, 2.75) is 13.5 Å². The number of pyridine rings is 1. The van der Waals surface area contributed by atoms with E-state index in [2.05, 4.69) is 22.4 Å². The lowest BCUT2D eigenvalue weighted by Gasteiger charge is -2.09. The van der Waals surface area contributed by atoms with Gasteiger partial charge in [0.25, 0.3) is 0 Å². The zero-order valence-corrected chi connectivity index (χ0v) is 12.1. The number of aromatic nitrogens is 2. The lowest BCUT2D eigenvalue weighted by molar-refractivity contribution is 0.856. The van der Waals surface area contributed by atoms with Gasteiger partial charge in [-0.2, -0.15) is 5.26 Å². The molecule has 0 unspecified atom stereocenters. The molecule has 2 aromatic heterocycles. The molecule has 4 nitrogen and oxygen atoms in total. The Labute approximate surface area is 123 Å². The molecule has 0 fully saturated rings. The van der Waals surface area contributed by atoms with E-state index in [1.807, 2.05) is 49.0 Å². The monoisotopic (exact) mass is 276 g/mol. The van der Waals surface area contributed by atoms with Gasteiger partial charge in [0.05, 0.1) is 0 Å². The van der Waals surface area contributed by atoms with Crippen LogP contribution in [-0.4, -0.2) is 9.55 Å². The molecule has 0 aliphatic heterocycles. The standard InChI is InChI=1S/C17H16N4/c1-12-14(8-15(9-18)21(12)2)10-20-17-5-3-4-13-6-7-19-11-16(13)17/h3-8,11,20H,10H2,1-2H3. The number of fused-ring (bicyclic) bond motifs is 1. The predicted octanol–water partition coefficient (Wildman–Crippen LogP) is 3.37. The highest BCUT2D eigenvalue weighted by Crippen LogP contribution is 2.23. The average molecular weight is 276 g/mol. The van der Waals surface area contributed by atoms with Gasteiger partial charge in [-0.05, 0) is 36.1 Å². The fourth-order valence-corrected chi connectivity index (χ4v) is 2.51. The molecule has 3 rings (SSSR count). The lowest BCUT2D eigenvalue weighted by atomic mass is 10.1. The van der Waals surface area contributed by atoms with E-state index < -0.39 is 0 Å². The predicted molar refractivity (Wildman–Crippen MR) is 83.9 cm³/mol. The van der Waals surface area contributed by atoms with Gasteiger partial charge >= 0.3 is 0 Å². The van der Waals surface area contributed by atoms with E-state index in [1.54, 1.807) is 6.20 Å². The van der Waals surface area contributed by atoms with Crippen LogP contribution in [0.4, 0.5) is 5.69 Å². The first-order chi connectivity index (χ1) is 10.2. The van der Waals surface area contributed by atoms with Crippen molar-refractivity contribution in [2.24, 2.45) is 7.05 Å². The van der Waals surface area contributed by atoms with Gasteiger partial charge in [0.15, 0.2) is 0 Å². The van der Waals surface area contributed by atoms with Crippen molar-refractivity contribution in [3.05, 3.63) is 59.7 Å². The van der Waals surface area contributed by atoms with Crippen LogP contribution < -0.4 is 5.32 Å². The Kier molecular flexibility index (Phi) is 3.33. The minimum absolute atomic E-state index is 0.684. The quantitative estimate of drug-likeness (QED) is 0.798. The average Bonchev–Trinajstić information content (AvgIpc) is 2.80. The molecule has 0 amide bonds. The van der Waals surface area contributed by atoms with Crippen molar-refractivity contribution in [1.82, 2.24) is 9.55 Å². The summed E-state index contributed by atoms with van der Waals surface area (Å²) in [7, 11) is 1.92. The van der Waals surface area contributed by atoms with Crippen LogP contribution >= 0.6 is 0 Å². The first-order valence-electron chi connectivity index (χ1n) is 6.82. The fraction of sp³-hybridized carbons (Fsp3) is 0.176. The molecule has 2 heterocycles. The minimum atomic E-state index is 0.684. The maximum absolute atomic E-state index is 9.08. The van der Waals surface area contributed by atoms with Crippen LogP contribution in [0.2, 0.25) is 0 Å². The number of rotatable bonds is 3. The summed E-state index contributed by atoms with van der Waals surface area (Å²) >= 11 is 0. The van der Waals surface area contributed by atoms with Gasteiger partial charge in [-0.1, -0.05) is 12.1 Å². The number of nitrogens with one attached hydrogen (secondary N) is 1. The van der Waals surface area contributed by atoms with Crippen molar-refractivity contribution >= 4 is 16.5 Å². The van der Waals surface area contributed by atoms with E-state index in [0.29, 0.717) is 12.2 Å². The topological polar surface area (TPSA) is 53.6 Å². The van der Waals surface area contributed by atoms with Crippen molar-refractivity contribution in [3.63, 3.8) is 0 Å². The number of nitrogens with zero attached hydrogens (tertiary/aromatic N) is 3. The summed E-state index contributed by atoms with van der Waals surface area (Å²) < 4.78 is 1.92. The Hall–Kier alpha value is -2.80. The maximum Gasteiger partial charge on any atom is 0.120 e. The molecule has 0 saturated heterocycles. The minimum Gasteiger partial charge on any atom is -0.380 e. The first kappa shape index (κ1) is 13.2. The maximum atomic E-state index is 9.08. The molecule has 21 heavy (non-hydrogen) atoms. The molecule has 3 aromatic rings. The molecule has 0 atom stereocenters. The van der Waals surface area contributed by atoms with Gasteiger partial charge in [0.2, 0.25) is 0 Å². The first-order valence-corrected chi connectivity index (χ1v) is 6.82. The van der Waals surface area contributed by atoms with Gasteiger partial charge in [-0.3, -0.25) is 4.98 Å². The van der Waals surface area contributed by atoms with Crippen LogP contribution in [0.3, 0.4) is 0 Å². The summed E-state index contributed by atoms with van der Waals surface area (Å²) in [6, 6.07) is 12.3. The summed E-state index contributed by atoms with van der Waals surface area (Å²) in [6.45, 7) is 2.72. The van der Waals surface area contributed by atoms with E-state index in [9.17, 15) is 0 Å². The molecule has 1 aromatic carbocycles. The van der Waals surface area contributed by atoms with E-state index in [0.717, 1.165) is 27.7 Å². The second-order valence-corrected chi connectivity index (χ2v) is 5.07. The van der Waals surface area contributed by atoms with Crippen LogP contribution in [0.15, 0.2) is 42.7 Å². The van der Waals surface area contributed by atoms with Crippen molar-refractivity contribution in [3.8, 4) is 6.07 Å². The highest BCUT2D eigenvalue weighted by atomic mass is 15.0. The Bertz CT molecular complexity index is 834. The third kappa shape index (κ3) is 2.34. The summed E-state index contributed by atoms with van der Waals surface area (Å²) in [5.74, 6) is 0. The highest BCUT2D eigenvalue weighted by molar-refractivity contribution is 5.93. The second-order valence-electron chi connectivity index (χ2n) is 5.07. The van der Waals surface area contributed by atoms with Crippen LogP contribution in [0, 0.1) is 18.3 Å². The molecular formula is C17H16N4. The van der Waals surface area contributed by atoms with Crippen LogP contribution in [0.25, 0.3) is 10.8 Å². The Balaban J connectivity index is 1.89. The van der Waals surface area contributed by atoms with Crippen molar-refractivity contribution < 1.29 is 0 Å². The lowest BCUT2D eigenvalue weighted by Crippen LogP contribution is -2.02. The third-order valence-electron chi connectivity index (χ3n) is 3.91. The van der Waals surface area contributed by atoms with Gasteiger partial charge in [0.1, 0.15) is 11.8 Å². The molecule has 0 aliphatic rings. The third-order valence-corrected chi connectivity index (χ3v) is 3.91. The van der Waals surface area contributed by atoms with Crippen molar-refractivity contribution in [1.29, 1.82) is 5.26 Å². The van der Waals surface area contributed by atoms with Crippen molar-refractivity contribution in [2.75, 3.05) is 5.32 Å². The largest absolute Gasteiger partial charge is 0.380 e. The van der Waals surface area contributed by atoms with E-state index in [-0.39, 0.29) is 0 Å². The summed E-state index contributed by atoms with van der Waals surface area (Å²) in [6.07, 6.45) is 3.67. The number of benzene rings is 1. The van der Waals surface area contributed by atoms with E-state index in [1.165, 1.54) is 0 Å². The van der Waals surface area contributed by atoms with Crippen LogP contribution in [-0.2, 0) is 13.6 Å². The molecule has 4 heteroatoms.